The summed E-state index contributed by atoms with van der Waals surface area (Å²) in [6, 6.07) is 4.47. The number of fused-ring (bicyclic) bond motifs is 1. The average Bonchev–Trinajstić information content (AvgIpc) is 2.27. The highest BCUT2D eigenvalue weighted by atomic mass is 35.7. The maximum atomic E-state index is 11.9. The number of hydrogen-bond acceptors (Lipinski definition) is 5. The van der Waals surface area contributed by atoms with Crippen LogP contribution in [0.15, 0.2) is 23.1 Å². The number of amides is 1. The SMILES string of the molecule is O=C1c2cccc(S(=O)Cl)c2CCN1C(O)(O)O. The standard InChI is InChI=1S/C10H10ClNO5S/c11-18(17)8-3-1-2-7-6(8)4-5-12(9(7)13)10(14,15)16/h1-3,14-16H,4-5H2. The first-order valence-corrected chi connectivity index (χ1v) is 6.99. The highest BCUT2D eigenvalue weighted by molar-refractivity contribution is 8.08. The maximum Gasteiger partial charge on any atom is 0.372 e. The minimum atomic E-state index is -3.20. The molecule has 0 spiro atoms. The van der Waals surface area contributed by atoms with Crippen molar-refractivity contribution in [3.63, 3.8) is 0 Å². The van der Waals surface area contributed by atoms with Crippen LogP contribution in [0.25, 0.3) is 0 Å². The number of aliphatic hydroxyl groups is 3. The molecular weight excluding hydrogens is 282 g/mol. The molecule has 1 aromatic carbocycles. The molecule has 1 aromatic rings. The summed E-state index contributed by atoms with van der Waals surface area (Å²) in [5.74, 6) is -0.757. The van der Waals surface area contributed by atoms with Crippen LogP contribution < -0.4 is 0 Å². The van der Waals surface area contributed by atoms with Crippen molar-refractivity contribution in [2.45, 2.75) is 17.4 Å². The molecule has 0 saturated carbocycles. The van der Waals surface area contributed by atoms with Crippen LogP contribution in [0.4, 0.5) is 0 Å². The number of carbonyl (C=O) groups excluding carboxylic acids is 1. The summed E-state index contributed by atoms with van der Waals surface area (Å²) in [5.41, 5.74) is 0.644. The second-order valence-corrected chi connectivity index (χ2v) is 5.54. The van der Waals surface area contributed by atoms with E-state index in [1.807, 2.05) is 0 Å². The van der Waals surface area contributed by atoms with Crippen LogP contribution in [0.1, 0.15) is 15.9 Å². The number of rotatable bonds is 2. The van der Waals surface area contributed by atoms with Gasteiger partial charge in [-0.1, -0.05) is 6.07 Å². The third-order valence-corrected chi connectivity index (χ3v) is 3.96. The zero-order chi connectivity index (χ0) is 13.5. The summed E-state index contributed by atoms with van der Waals surface area (Å²) in [6.07, 6.45) is -2.98. The van der Waals surface area contributed by atoms with Gasteiger partial charge in [-0.2, -0.15) is 0 Å². The highest BCUT2D eigenvalue weighted by Gasteiger charge is 2.38. The predicted molar refractivity (Wildman–Crippen MR) is 62.8 cm³/mol. The van der Waals surface area contributed by atoms with Crippen LogP contribution in [0.5, 0.6) is 0 Å². The molecule has 8 heteroatoms. The van der Waals surface area contributed by atoms with Crippen LogP contribution in [0.2, 0.25) is 0 Å². The highest BCUT2D eigenvalue weighted by Crippen LogP contribution is 2.27. The van der Waals surface area contributed by atoms with E-state index in [0.29, 0.717) is 15.4 Å². The Morgan fingerprint density at radius 3 is 2.56 bits per heavy atom. The van der Waals surface area contributed by atoms with Crippen molar-refractivity contribution in [2.75, 3.05) is 6.54 Å². The molecule has 0 bridgehead atoms. The van der Waals surface area contributed by atoms with Crippen molar-refractivity contribution >= 4 is 26.6 Å². The van der Waals surface area contributed by atoms with Gasteiger partial charge in [0.1, 0.15) is 10.0 Å². The van der Waals surface area contributed by atoms with Gasteiger partial charge < -0.3 is 15.3 Å². The first-order chi connectivity index (χ1) is 8.32. The van der Waals surface area contributed by atoms with Gasteiger partial charge in [-0.25, -0.2) is 4.21 Å². The molecule has 2 rings (SSSR count). The lowest BCUT2D eigenvalue weighted by atomic mass is 9.99. The fraction of sp³-hybridized carbons (Fsp3) is 0.300. The van der Waals surface area contributed by atoms with Gasteiger partial charge in [0, 0.05) is 12.1 Å². The second kappa shape index (κ2) is 4.60. The van der Waals surface area contributed by atoms with Gasteiger partial charge in [0.25, 0.3) is 5.91 Å². The average molecular weight is 292 g/mol. The zero-order valence-corrected chi connectivity index (χ0v) is 10.6. The van der Waals surface area contributed by atoms with Gasteiger partial charge in [0.2, 0.25) is 0 Å². The van der Waals surface area contributed by atoms with E-state index in [-0.39, 0.29) is 18.5 Å². The molecule has 6 nitrogen and oxygen atoms in total. The summed E-state index contributed by atoms with van der Waals surface area (Å²) < 4.78 is 11.3. The van der Waals surface area contributed by atoms with Gasteiger partial charge in [0.15, 0.2) is 0 Å². The van der Waals surface area contributed by atoms with E-state index in [4.69, 9.17) is 26.0 Å². The Bertz CT molecular complexity index is 527. The Kier molecular flexibility index (Phi) is 3.43. The van der Waals surface area contributed by atoms with Crippen molar-refractivity contribution in [3.8, 4) is 0 Å². The largest absolute Gasteiger partial charge is 0.372 e. The van der Waals surface area contributed by atoms with Gasteiger partial charge >= 0.3 is 6.10 Å². The van der Waals surface area contributed by atoms with Gasteiger partial charge in [-0.3, -0.25) is 9.69 Å². The van der Waals surface area contributed by atoms with Gasteiger partial charge in [0.05, 0.1) is 4.90 Å². The molecule has 3 N–H and O–H groups in total. The Hall–Kier alpha value is -0.990. The van der Waals surface area contributed by atoms with Gasteiger partial charge in [-0.05, 0) is 34.8 Å². The lowest BCUT2D eigenvalue weighted by Gasteiger charge is -2.34. The molecule has 0 aromatic heterocycles. The molecule has 1 atom stereocenters. The van der Waals surface area contributed by atoms with Crippen molar-refractivity contribution in [2.24, 2.45) is 0 Å². The summed E-state index contributed by atoms with van der Waals surface area (Å²) in [5, 5.41) is 27.1. The molecule has 0 radical (unpaired) electrons. The third-order valence-electron chi connectivity index (χ3n) is 2.73. The zero-order valence-electron chi connectivity index (χ0n) is 9.04. The molecule has 0 fully saturated rings. The molecule has 0 aliphatic carbocycles. The minimum absolute atomic E-state index is 0.111. The van der Waals surface area contributed by atoms with E-state index in [1.54, 1.807) is 0 Å². The first kappa shape index (κ1) is 13.4. The fourth-order valence-corrected chi connectivity index (χ4v) is 2.96. The molecule has 1 unspecified atom stereocenters. The topological polar surface area (TPSA) is 98.1 Å². The number of benzene rings is 1. The van der Waals surface area contributed by atoms with Crippen molar-refractivity contribution in [3.05, 3.63) is 29.3 Å². The third kappa shape index (κ3) is 2.27. The van der Waals surface area contributed by atoms with Crippen molar-refractivity contribution in [1.82, 2.24) is 4.90 Å². The van der Waals surface area contributed by atoms with Crippen LogP contribution >= 0.6 is 10.7 Å². The van der Waals surface area contributed by atoms with Gasteiger partial charge in [-0.15, -0.1) is 0 Å². The van der Waals surface area contributed by atoms with Crippen LogP contribution in [0, 0.1) is 0 Å². The van der Waals surface area contributed by atoms with Crippen LogP contribution in [-0.4, -0.2) is 43.0 Å². The van der Waals surface area contributed by atoms with E-state index in [9.17, 15) is 9.00 Å². The molecule has 18 heavy (non-hydrogen) atoms. The molecular formula is C10H10ClNO5S. The molecule has 1 amide bonds. The predicted octanol–water partition coefficient (Wildman–Crippen LogP) is -0.465. The monoisotopic (exact) mass is 291 g/mol. The second-order valence-electron chi connectivity index (χ2n) is 3.81. The van der Waals surface area contributed by atoms with E-state index < -0.39 is 22.0 Å². The van der Waals surface area contributed by atoms with Crippen molar-refractivity contribution in [1.29, 1.82) is 0 Å². The lowest BCUT2D eigenvalue weighted by Crippen LogP contribution is -2.54. The molecule has 98 valence electrons. The smallest absolute Gasteiger partial charge is 0.325 e. The molecule has 1 heterocycles. The number of carbonyl (C=O) groups is 1. The first-order valence-electron chi connectivity index (χ1n) is 5.01. The number of hydrogen-bond donors (Lipinski definition) is 3. The quantitative estimate of drug-likeness (QED) is 0.506. The Balaban J connectivity index is 2.49. The summed E-state index contributed by atoms with van der Waals surface area (Å²) in [7, 11) is 3.76. The minimum Gasteiger partial charge on any atom is -0.325 e. The van der Waals surface area contributed by atoms with E-state index in [1.165, 1.54) is 18.2 Å². The fourth-order valence-electron chi connectivity index (χ4n) is 1.93. The normalized spacial score (nSPS) is 17.6. The molecule has 1 aliphatic heterocycles. The number of halogens is 1. The lowest BCUT2D eigenvalue weighted by molar-refractivity contribution is -0.378. The van der Waals surface area contributed by atoms with E-state index in [2.05, 4.69) is 0 Å². The van der Waals surface area contributed by atoms with Crippen molar-refractivity contribution < 1.29 is 24.3 Å². The summed E-state index contributed by atoms with van der Waals surface area (Å²) >= 11 is 0. The molecule has 1 aliphatic rings. The van der Waals surface area contributed by atoms with E-state index in [0.717, 1.165) is 0 Å². The maximum absolute atomic E-state index is 11.9. The Labute approximate surface area is 109 Å². The van der Waals surface area contributed by atoms with Crippen LogP contribution in [-0.2, 0) is 16.4 Å². The Morgan fingerprint density at radius 2 is 2.00 bits per heavy atom. The van der Waals surface area contributed by atoms with E-state index >= 15 is 0 Å². The number of nitrogens with zero attached hydrogens (tertiary/aromatic N) is 1. The summed E-state index contributed by atoms with van der Waals surface area (Å²) in [4.78, 5) is 12.8. The summed E-state index contributed by atoms with van der Waals surface area (Å²) in [6.45, 7) is -0.111. The molecule has 0 saturated heterocycles. The van der Waals surface area contributed by atoms with Crippen LogP contribution in [0.3, 0.4) is 0 Å². The Morgan fingerprint density at radius 1 is 1.33 bits per heavy atom.